The Kier molecular flexibility index (Phi) is 3.84. The minimum atomic E-state index is 0.801. The van der Waals surface area contributed by atoms with Crippen LogP contribution in [0.15, 0.2) is 12.7 Å². The molecular formula is C12H22. The zero-order valence-corrected chi connectivity index (χ0v) is 8.55. The van der Waals surface area contributed by atoms with Crippen molar-refractivity contribution in [1.82, 2.24) is 0 Å². The number of allylic oxidation sites excluding steroid dienone is 1. The molecule has 1 aliphatic rings. The Morgan fingerprint density at radius 2 is 2.17 bits per heavy atom. The topological polar surface area (TPSA) is 0 Å². The first-order valence-corrected chi connectivity index (χ1v) is 5.40. The highest BCUT2D eigenvalue weighted by Crippen LogP contribution is 2.36. The number of hydrogen-bond acceptors (Lipinski definition) is 0. The molecule has 3 unspecified atom stereocenters. The fourth-order valence-electron chi connectivity index (χ4n) is 2.45. The lowest BCUT2D eigenvalue weighted by Crippen LogP contribution is -2.21. The molecule has 1 rings (SSSR count). The smallest absolute Gasteiger partial charge is 0.0208 e. The van der Waals surface area contributed by atoms with Gasteiger partial charge < -0.3 is 0 Å². The second-order valence-corrected chi connectivity index (χ2v) is 4.34. The van der Waals surface area contributed by atoms with E-state index in [-0.39, 0.29) is 0 Å². The summed E-state index contributed by atoms with van der Waals surface area (Å²) in [7, 11) is 0. The van der Waals surface area contributed by atoms with Crippen LogP contribution >= 0.6 is 0 Å². The molecule has 1 saturated carbocycles. The third-order valence-corrected chi connectivity index (χ3v) is 3.37. The second-order valence-electron chi connectivity index (χ2n) is 4.34. The third kappa shape index (κ3) is 2.36. The molecule has 0 aromatic rings. The predicted octanol–water partition coefficient (Wildman–Crippen LogP) is 4.02. The van der Waals surface area contributed by atoms with Crippen molar-refractivity contribution in [2.75, 3.05) is 0 Å². The van der Waals surface area contributed by atoms with E-state index in [2.05, 4.69) is 26.5 Å². The van der Waals surface area contributed by atoms with Gasteiger partial charge in [0.2, 0.25) is 0 Å². The largest absolute Gasteiger partial charge is 0.103 e. The van der Waals surface area contributed by atoms with E-state index in [4.69, 9.17) is 0 Å². The highest BCUT2D eigenvalue weighted by atomic mass is 14.3. The molecule has 1 aliphatic carbocycles. The van der Waals surface area contributed by atoms with E-state index >= 15 is 0 Å². The number of rotatable bonds is 3. The Hall–Kier alpha value is -0.260. The zero-order valence-electron chi connectivity index (χ0n) is 8.55. The van der Waals surface area contributed by atoms with Gasteiger partial charge in [0.05, 0.1) is 0 Å². The molecule has 0 radical (unpaired) electrons. The van der Waals surface area contributed by atoms with E-state index in [1.165, 1.54) is 32.1 Å². The third-order valence-electron chi connectivity index (χ3n) is 3.37. The average Bonchev–Trinajstić information content (AvgIpc) is 2.09. The van der Waals surface area contributed by atoms with Gasteiger partial charge in [0.15, 0.2) is 0 Å². The summed E-state index contributed by atoms with van der Waals surface area (Å²) < 4.78 is 0. The van der Waals surface area contributed by atoms with Crippen molar-refractivity contribution < 1.29 is 0 Å². The first kappa shape index (κ1) is 9.83. The SMILES string of the molecule is C=CC1CC(CCC)CCC1C. The highest BCUT2D eigenvalue weighted by molar-refractivity contribution is 4.88. The van der Waals surface area contributed by atoms with Crippen molar-refractivity contribution >= 4 is 0 Å². The van der Waals surface area contributed by atoms with E-state index in [9.17, 15) is 0 Å². The summed E-state index contributed by atoms with van der Waals surface area (Å²) in [4.78, 5) is 0. The van der Waals surface area contributed by atoms with Crippen molar-refractivity contribution in [2.24, 2.45) is 17.8 Å². The lowest BCUT2D eigenvalue weighted by molar-refractivity contribution is 0.221. The molecule has 0 heteroatoms. The Balaban J connectivity index is 2.38. The van der Waals surface area contributed by atoms with E-state index in [0.29, 0.717) is 0 Å². The lowest BCUT2D eigenvalue weighted by Gasteiger charge is -2.32. The van der Waals surface area contributed by atoms with Crippen LogP contribution in [0.1, 0.15) is 46.0 Å². The predicted molar refractivity (Wildman–Crippen MR) is 55.1 cm³/mol. The van der Waals surface area contributed by atoms with Crippen molar-refractivity contribution in [1.29, 1.82) is 0 Å². The molecule has 0 aromatic heterocycles. The standard InChI is InChI=1S/C12H22/c1-4-6-11-8-7-10(3)12(5-2)9-11/h5,10-12H,2,4,6-9H2,1,3H3. The Labute approximate surface area is 77.1 Å². The summed E-state index contributed by atoms with van der Waals surface area (Å²) >= 11 is 0. The summed E-state index contributed by atoms with van der Waals surface area (Å²) in [5.74, 6) is 2.68. The maximum absolute atomic E-state index is 3.93. The summed E-state index contributed by atoms with van der Waals surface area (Å²) in [5, 5.41) is 0. The normalized spacial score (nSPS) is 36.3. The van der Waals surface area contributed by atoms with Gasteiger partial charge in [0.1, 0.15) is 0 Å². The summed E-state index contributed by atoms with van der Waals surface area (Å²) in [6.45, 7) is 8.59. The van der Waals surface area contributed by atoms with E-state index in [1.54, 1.807) is 0 Å². The van der Waals surface area contributed by atoms with Gasteiger partial charge in [-0.1, -0.05) is 39.2 Å². The molecule has 0 N–H and O–H groups in total. The van der Waals surface area contributed by atoms with Crippen LogP contribution in [0, 0.1) is 17.8 Å². The van der Waals surface area contributed by atoms with Gasteiger partial charge >= 0.3 is 0 Å². The summed E-state index contributed by atoms with van der Waals surface area (Å²) in [5.41, 5.74) is 0. The highest BCUT2D eigenvalue weighted by Gasteiger charge is 2.24. The fourth-order valence-corrected chi connectivity index (χ4v) is 2.45. The summed E-state index contributed by atoms with van der Waals surface area (Å²) in [6.07, 6.45) is 9.23. The first-order valence-electron chi connectivity index (χ1n) is 5.40. The Morgan fingerprint density at radius 3 is 2.75 bits per heavy atom. The van der Waals surface area contributed by atoms with E-state index in [1.807, 2.05) is 0 Å². The molecule has 0 amide bonds. The van der Waals surface area contributed by atoms with Crippen molar-refractivity contribution in [3.05, 3.63) is 12.7 Å². The van der Waals surface area contributed by atoms with Crippen molar-refractivity contribution in [3.63, 3.8) is 0 Å². The summed E-state index contributed by atoms with van der Waals surface area (Å²) in [6, 6.07) is 0. The molecular weight excluding hydrogens is 144 g/mol. The Bertz CT molecular complexity index is 137. The zero-order chi connectivity index (χ0) is 8.97. The monoisotopic (exact) mass is 166 g/mol. The average molecular weight is 166 g/mol. The molecule has 0 spiro atoms. The van der Waals surface area contributed by atoms with Crippen LogP contribution in [-0.4, -0.2) is 0 Å². The number of hydrogen-bond donors (Lipinski definition) is 0. The quantitative estimate of drug-likeness (QED) is 0.555. The van der Waals surface area contributed by atoms with Gasteiger partial charge in [0, 0.05) is 0 Å². The van der Waals surface area contributed by atoms with Crippen molar-refractivity contribution in [2.45, 2.75) is 46.0 Å². The molecule has 0 bridgehead atoms. The molecule has 12 heavy (non-hydrogen) atoms. The fraction of sp³-hybridized carbons (Fsp3) is 0.833. The van der Waals surface area contributed by atoms with Gasteiger partial charge in [-0.15, -0.1) is 6.58 Å². The van der Waals surface area contributed by atoms with Crippen LogP contribution in [0.3, 0.4) is 0 Å². The molecule has 0 nitrogen and oxygen atoms in total. The molecule has 3 atom stereocenters. The molecule has 0 saturated heterocycles. The van der Waals surface area contributed by atoms with Gasteiger partial charge in [0.25, 0.3) is 0 Å². The van der Waals surface area contributed by atoms with E-state index in [0.717, 1.165) is 17.8 Å². The van der Waals surface area contributed by atoms with Crippen LogP contribution in [0.25, 0.3) is 0 Å². The van der Waals surface area contributed by atoms with Crippen LogP contribution in [0.2, 0.25) is 0 Å². The molecule has 1 fully saturated rings. The Morgan fingerprint density at radius 1 is 1.42 bits per heavy atom. The maximum Gasteiger partial charge on any atom is -0.0208 e. The van der Waals surface area contributed by atoms with Crippen molar-refractivity contribution in [3.8, 4) is 0 Å². The van der Waals surface area contributed by atoms with Gasteiger partial charge in [-0.3, -0.25) is 0 Å². The second kappa shape index (κ2) is 4.69. The molecule has 0 heterocycles. The van der Waals surface area contributed by atoms with Crippen LogP contribution in [-0.2, 0) is 0 Å². The minimum absolute atomic E-state index is 0.801. The van der Waals surface area contributed by atoms with Gasteiger partial charge in [-0.25, -0.2) is 0 Å². The van der Waals surface area contributed by atoms with Crippen LogP contribution < -0.4 is 0 Å². The van der Waals surface area contributed by atoms with Gasteiger partial charge in [-0.2, -0.15) is 0 Å². The molecule has 0 aliphatic heterocycles. The first-order chi connectivity index (χ1) is 5.77. The molecule has 70 valence electrons. The minimum Gasteiger partial charge on any atom is -0.103 e. The van der Waals surface area contributed by atoms with Crippen LogP contribution in [0.5, 0.6) is 0 Å². The molecule has 0 aromatic carbocycles. The van der Waals surface area contributed by atoms with E-state index < -0.39 is 0 Å². The van der Waals surface area contributed by atoms with Crippen LogP contribution in [0.4, 0.5) is 0 Å². The maximum atomic E-state index is 3.93. The van der Waals surface area contributed by atoms with Gasteiger partial charge in [-0.05, 0) is 30.6 Å². The lowest BCUT2D eigenvalue weighted by atomic mass is 9.74.